The molecule has 302 valence electrons. The molecule has 0 amide bonds. The van der Waals surface area contributed by atoms with E-state index >= 15 is 0 Å². The molecule has 0 bridgehead atoms. The van der Waals surface area contributed by atoms with Crippen LogP contribution in [0.4, 0.5) is 0 Å². The second-order valence-electron chi connectivity index (χ2n) is 14.0. The monoisotopic (exact) mass is 749 g/mol. The van der Waals surface area contributed by atoms with Crippen LogP contribution in [0.15, 0.2) is 12.2 Å². The maximum atomic E-state index is 12.6. The van der Waals surface area contributed by atoms with Crippen LogP contribution in [0.3, 0.4) is 0 Å². The number of aliphatic hydroxyl groups excluding tert-OH is 2. The summed E-state index contributed by atoms with van der Waals surface area (Å²) in [4.78, 5) is 34.9. The second-order valence-corrected chi connectivity index (χ2v) is 15.5. The third-order valence-corrected chi connectivity index (χ3v) is 9.87. The summed E-state index contributed by atoms with van der Waals surface area (Å²) in [6.07, 6.45) is 33.1. The normalized spacial score (nSPS) is 14.1. The second kappa shape index (κ2) is 37.0. The van der Waals surface area contributed by atoms with E-state index in [4.69, 9.17) is 19.1 Å². The summed E-state index contributed by atoms with van der Waals surface area (Å²) in [6, 6.07) is 0. The lowest BCUT2D eigenvalue weighted by molar-refractivity contribution is -0.161. The van der Waals surface area contributed by atoms with Gasteiger partial charge in [0.15, 0.2) is 6.10 Å². The molecule has 0 rings (SSSR count). The Hall–Kier alpha value is -1.29. The summed E-state index contributed by atoms with van der Waals surface area (Å²) in [5, 5.41) is 18.3. The molecule has 11 heteroatoms. The minimum Gasteiger partial charge on any atom is -0.462 e. The van der Waals surface area contributed by atoms with Gasteiger partial charge in [0, 0.05) is 12.8 Å². The average molecular weight is 749 g/mol. The van der Waals surface area contributed by atoms with Crippen molar-refractivity contribution in [3.05, 3.63) is 12.2 Å². The highest BCUT2D eigenvalue weighted by Gasteiger charge is 2.27. The van der Waals surface area contributed by atoms with Crippen LogP contribution >= 0.6 is 7.82 Å². The molecule has 0 aliphatic rings. The number of carbonyl (C=O) groups is 2. The van der Waals surface area contributed by atoms with Gasteiger partial charge in [0.2, 0.25) is 0 Å². The maximum Gasteiger partial charge on any atom is 0.472 e. The Morgan fingerprint density at radius 3 is 1.43 bits per heavy atom. The number of rotatable bonds is 39. The summed E-state index contributed by atoms with van der Waals surface area (Å²) in [7, 11) is -4.61. The summed E-state index contributed by atoms with van der Waals surface area (Å²) in [5.41, 5.74) is 0. The molecule has 3 atom stereocenters. The molecular formula is C40H77O10P. The zero-order chi connectivity index (χ0) is 37.7. The zero-order valence-electron chi connectivity index (χ0n) is 32.6. The van der Waals surface area contributed by atoms with Gasteiger partial charge in [-0.2, -0.15) is 0 Å². The Morgan fingerprint density at radius 1 is 0.569 bits per heavy atom. The fourth-order valence-corrected chi connectivity index (χ4v) is 6.48. The van der Waals surface area contributed by atoms with Crippen molar-refractivity contribution in [2.75, 3.05) is 26.4 Å². The third-order valence-electron chi connectivity index (χ3n) is 8.92. The number of carbonyl (C=O) groups excluding carboxylic acids is 2. The summed E-state index contributed by atoms with van der Waals surface area (Å²) < 4.78 is 32.6. The molecule has 3 N–H and O–H groups in total. The van der Waals surface area contributed by atoms with E-state index in [0.29, 0.717) is 12.8 Å². The third kappa shape index (κ3) is 36.8. The van der Waals surface area contributed by atoms with E-state index in [1.807, 2.05) is 0 Å². The maximum absolute atomic E-state index is 12.6. The molecule has 0 aromatic carbocycles. The first-order valence-electron chi connectivity index (χ1n) is 20.6. The van der Waals surface area contributed by atoms with Crippen LogP contribution in [0, 0.1) is 0 Å². The van der Waals surface area contributed by atoms with Gasteiger partial charge in [-0.25, -0.2) is 4.57 Å². The molecule has 0 spiro atoms. The predicted molar refractivity (Wildman–Crippen MR) is 205 cm³/mol. The quantitative estimate of drug-likeness (QED) is 0.0240. The number of phosphoric ester groups is 1. The Balaban J connectivity index is 4.30. The topological polar surface area (TPSA) is 149 Å². The van der Waals surface area contributed by atoms with Crippen molar-refractivity contribution in [3.8, 4) is 0 Å². The summed E-state index contributed by atoms with van der Waals surface area (Å²) >= 11 is 0. The van der Waals surface area contributed by atoms with E-state index in [1.54, 1.807) is 0 Å². The van der Waals surface area contributed by atoms with E-state index in [0.717, 1.165) is 44.9 Å². The number of unbranched alkanes of at least 4 members (excludes halogenated alkanes) is 23. The lowest BCUT2D eigenvalue weighted by Crippen LogP contribution is -2.29. The van der Waals surface area contributed by atoms with Gasteiger partial charge in [-0.3, -0.25) is 18.6 Å². The predicted octanol–water partition coefficient (Wildman–Crippen LogP) is 10.4. The van der Waals surface area contributed by atoms with Gasteiger partial charge in [-0.1, -0.05) is 154 Å². The number of hydrogen-bond acceptors (Lipinski definition) is 9. The lowest BCUT2D eigenvalue weighted by atomic mass is 10.0. The fraction of sp³-hybridized carbons (Fsp3) is 0.900. The van der Waals surface area contributed by atoms with Crippen molar-refractivity contribution in [1.29, 1.82) is 0 Å². The molecule has 0 aromatic heterocycles. The largest absolute Gasteiger partial charge is 0.472 e. The Kier molecular flexibility index (Phi) is 36.1. The Bertz CT molecular complexity index is 868. The van der Waals surface area contributed by atoms with E-state index < -0.39 is 51.8 Å². The highest BCUT2D eigenvalue weighted by Crippen LogP contribution is 2.43. The van der Waals surface area contributed by atoms with Crippen LogP contribution in [-0.4, -0.2) is 65.7 Å². The van der Waals surface area contributed by atoms with Crippen LogP contribution in [-0.2, 0) is 32.7 Å². The molecule has 0 fully saturated rings. The lowest BCUT2D eigenvalue weighted by Gasteiger charge is -2.20. The minimum absolute atomic E-state index is 0.189. The number of ether oxygens (including phenoxy) is 2. The molecule has 51 heavy (non-hydrogen) atoms. The Morgan fingerprint density at radius 2 is 0.961 bits per heavy atom. The average Bonchev–Trinajstić information content (AvgIpc) is 3.12. The smallest absolute Gasteiger partial charge is 0.462 e. The zero-order valence-corrected chi connectivity index (χ0v) is 33.5. The SMILES string of the molecule is CCCCCC/C=C\CCCCCCCCCC(=O)OC[C@H](COP(=O)(O)OC[C@@H](O)CO)OC(=O)CCCCCCCCCCCCCCC. The molecule has 0 saturated heterocycles. The van der Waals surface area contributed by atoms with Gasteiger partial charge < -0.3 is 24.6 Å². The van der Waals surface area contributed by atoms with Crippen molar-refractivity contribution in [2.24, 2.45) is 0 Å². The molecule has 0 aliphatic carbocycles. The first-order chi connectivity index (χ1) is 24.7. The van der Waals surface area contributed by atoms with Crippen molar-refractivity contribution in [1.82, 2.24) is 0 Å². The van der Waals surface area contributed by atoms with E-state index in [2.05, 4.69) is 30.5 Å². The van der Waals surface area contributed by atoms with Crippen molar-refractivity contribution >= 4 is 19.8 Å². The minimum atomic E-state index is -4.61. The first kappa shape index (κ1) is 49.7. The molecule has 10 nitrogen and oxygen atoms in total. The van der Waals surface area contributed by atoms with Crippen molar-refractivity contribution in [2.45, 2.75) is 206 Å². The number of hydrogen-bond donors (Lipinski definition) is 3. The summed E-state index contributed by atoms with van der Waals surface area (Å²) in [6.45, 7) is 2.37. The molecule has 0 radical (unpaired) electrons. The first-order valence-corrected chi connectivity index (χ1v) is 22.1. The van der Waals surface area contributed by atoms with Gasteiger partial charge in [-0.05, 0) is 38.5 Å². The van der Waals surface area contributed by atoms with Crippen molar-refractivity contribution < 1.29 is 47.8 Å². The number of aliphatic hydroxyl groups is 2. The molecular weight excluding hydrogens is 671 g/mol. The number of allylic oxidation sites excluding steroid dienone is 2. The number of esters is 2. The molecule has 0 aliphatic heterocycles. The van der Waals surface area contributed by atoms with E-state index in [-0.39, 0.29) is 19.4 Å². The molecule has 1 unspecified atom stereocenters. The van der Waals surface area contributed by atoms with Crippen LogP contribution in [0.5, 0.6) is 0 Å². The fourth-order valence-electron chi connectivity index (χ4n) is 5.69. The standard InChI is InChI=1S/C40H77O10P/c1-3-5-7-9-11-13-15-17-18-20-21-23-25-27-29-31-39(43)47-35-38(36-49-51(45,46)48-34-37(42)33-41)50-40(44)32-30-28-26-24-22-19-16-14-12-10-8-6-4-2/h13,15,37-38,41-42H,3-12,14,16-36H2,1-2H3,(H,45,46)/b15-13-/t37-,38+/m0/s1. The molecule has 0 heterocycles. The van der Waals surface area contributed by atoms with Gasteiger partial charge >= 0.3 is 19.8 Å². The van der Waals surface area contributed by atoms with E-state index in [9.17, 15) is 24.2 Å². The Labute approximate surface area is 311 Å². The van der Waals surface area contributed by atoms with E-state index in [1.165, 1.54) is 109 Å². The van der Waals surface area contributed by atoms with Gasteiger partial charge in [0.25, 0.3) is 0 Å². The van der Waals surface area contributed by atoms with Crippen LogP contribution in [0.25, 0.3) is 0 Å². The molecule has 0 aromatic rings. The summed E-state index contributed by atoms with van der Waals surface area (Å²) in [5.74, 6) is -0.922. The van der Waals surface area contributed by atoms with Gasteiger partial charge in [0.1, 0.15) is 12.7 Å². The van der Waals surface area contributed by atoms with Gasteiger partial charge in [-0.15, -0.1) is 0 Å². The molecule has 0 saturated carbocycles. The van der Waals surface area contributed by atoms with Crippen molar-refractivity contribution in [3.63, 3.8) is 0 Å². The van der Waals surface area contributed by atoms with Crippen LogP contribution in [0.1, 0.15) is 194 Å². The highest BCUT2D eigenvalue weighted by molar-refractivity contribution is 7.47. The number of phosphoric acid groups is 1. The van der Waals surface area contributed by atoms with Crippen LogP contribution < -0.4 is 0 Å². The van der Waals surface area contributed by atoms with Crippen LogP contribution in [0.2, 0.25) is 0 Å². The van der Waals surface area contributed by atoms with Gasteiger partial charge in [0.05, 0.1) is 19.8 Å². The highest BCUT2D eigenvalue weighted by atomic mass is 31.2.